The molecule has 0 aliphatic heterocycles. The third kappa shape index (κ3) is 2.23. The number of aromatic nitrogens is 1. The number of rotatable bonds is 3. The van der Waals surface area contributed by atoms with E-state index in [0.29, 0.717) is 27.9 Å². The second kappa shape index (κ2) is 4.96. The van der Waals surface area contributed by atoms with Gasteiger partial charge in [-0.2, -0.15) is 0 Å². The molecule has 1 aromatic heterocycles. The molecule has 0 aliphatic carbocycles. The molecule has 2 nitrogen and oxygen atoms in total. The second-order valence-corrected chi connectivity index (χ2v) is 5.59. The maximum Gasteiger partial charge on any atom is 0.270 e. The first-order valence-electron chi connectivity index (χ1n) is 4.68. The molecule has 2 rings (SSSR count). The molecule has 6 heteroatoms. The molecule has 0 unspecified atom stereocenters. The summed E-state index contributed by atoms with van der Waals surface area (Å²) in [6.07, 6.45) is 0.764. The van der Waals surface area contributed by atoms with E-state index in [0.717, 1.165) is 11.1 Å². The first-order valence-corrected chi connectivity index (χ1v) is 6.74. The Morgan fingerprint density at radius 3 is 2.75 bits per heavy atom. The summed E-state index contributed by atoms with van der Waals surface area (Å²) in [5, 5.41) is 1.50. The van der Waals surface area contributed by atoms with Gasteiger partial charge in [-0.1, -0.05) is 34.7 Å². The Labute approximate surface area is 111 Å². The van der Waals surface area contributed by atoms with Crippen LogP contribution < -0.4 is 5.56 Å². The van der Waals surface area contributed by atoms with E-state index in [9.17, 15) is 4.79 Å². The number of hydrogen-bond donors (Lipinski definition) is 0. The van der Waals surface area contributed by atoms with Crippen molar-refractivity contribution in [3.8, 4) is 0 Å². The minimum Gasteiger partial charge on any atom is -0.268 e. The maximum absolute atomic E-state index is 12.0. The molecule has 0 bridgehead atoms. The van der Waals surface area contributed by atoms with E-state index in [-0.39, 0.29) is 5.56 Å². The van der Waals surface area contributed by atoms with Crippen molar-refractivity contribution in [3.05, 3.63) is 32.5 Å². The van der Waals surface area contributed by atoms with E-state index in [4.69, 9.17) is 34.8 Å². The van der Waals surface area contributed by atoms with Gasteiger partial charge in [0.2, 0.25) is 0 Å². The fraction of sp³-hybridized carbons (Fsp3) is 0.300. The van der Waals surface area contributed by atoms with Crippen LogP contribution in [0.25, 0.3) is 10.1 Å². The van der Waals surface area contributed by atoms with E-state index in [2.05, 4.69) is 0 Å². The monoisotopic (exact) mass is 295 g/mol. The van der Waals surface area contributed by atoms with Crippen molar-refractivity contribution in [2.75, 3.05) is 5.88 Å². The van der Waals surface area contributed by atoms with Gasteiger partial charge in [-0.05, 0) is 18.6 Å². The Bertz CT molecular complexity index is 575. The maximum atomic E-state index is 12.0. The van der Waals surface area contributed by atoms with Gasteiger partial charge in [0.05, 0.1) is 15.1 Å². The van der Waals surface area contributed by atoms with Crippen molar-refractivity contribution >= 4 is 56.4 Å². The number of alkyl halides is 1. The largest absolute Gasteiger partial charge is 0.270 e. The smallest absolute Gasteiger partial charge is 0.268 e. The molecular formula is C10H8Cl3NOS. The summed E-state index contributed by atoms with van der Waals surface area (Å²) in [5.41, 5.74) is -0.0632. The molecule has 86 valence electrons. The first-order chi connectivity index (χ1) is 7.63. The third-order valence-electron chi connectivity index (χ3n) is 2.16. The van der Waals surface area contributed by atoms with Crippen LogP contribution in [0, 0.1) is 0 Å². The minimum absolute atomic E-state index is 0.0632. The Morgan fingerprint density at radius 2 is 2.06 bits per heavy atom. The molecule has 0 aliphatic rings. The predicted molar refractivity (Wildman–Crippen MR) is 71.4 cm³/mol. The molecule has 0 radical (unpaired) electrons. The molecule has 0 saturated heterocycles. The molecule has 2 aromatic rings. The first kappa shape index (κ1) is 12.2. The molecule has 0 amide bonds. The molecule has 0 N–H and O–H groups in total. The lowest BCUT2D eigenvalue weighted by Gasteiger charge is -1.94. The average Bonchev–Trinajstić information content (AvgIpc) is 2.52. The molecule has 0 fully saturated rings. The highest BCUT2D eigenvalue weighted by molar-refractivity contribution is 7.14. The summed E-state index contributed by atoms with van der Waals surface area (Å²) < 4.78 is 2.48. The quantitative estimate of drug-likeness (QED) is 0.785. The van der Waals surface area contributed by atoms with Gasteiger partial charge in [-0.3, -0.25) is 8.75 Å². The van der Waals surface area contributed by atoms with E-state index in [1.54, 1.807) is 16.1 Å². The van der Waals surface area contributed by atoms with E-state index >= 15 is 0 Å². The highest BCUT2D eigenvalue weighted by Gasteiger charge is 2.11. The van der Waals surface area contributed by atoms with E-state index in [1.165, 1.54) is 11.5 Å². The van der Waals surface area contributed by atoms with Gasteiger partial charge >= 0.3 is 0 Å². The Hall–Kier alpha value is -0.220. The van der Waals surface area contributed by atoms with Crippen LogP contribution in [-0.4, -0.2) is 9.84 Å². The summed E-state index contributed by atoms with van der Waals surface area (Å²) >= 11 is 18.8. The van der Waals surface area contributed by atoms with E-state index < -0.39 is 0 Å². The van der Waals surface area contributed by atoms with Crippen LogP contribution in [0.4, 0.5) is 0 Å². The van der Waals surface area contributed by atoms with Crippen molar-refractivity contribution in [1.82, 2.24) is 3.96 Å². The summed E-state index contributed by atoms with van der Waals surface area (Å²) in [5.74, 6) is 0.537. The van der Waals surface area contributed by atoms with Crippen molar-refractivity contribution in [3.63, 3.8) is 0 Å². The van der Waals surface area contributed by atoms with Crippen molar-refractivity contribution in [1.29, 1.82) is 0 Å². The van der Waals surface area contributed by atoms with E-state index in [1.807, 2.05) is 0 Å². The highest BCUT2D eigenvalue weighted by Crippen LogP contribution is 2.28. The van der Waals surface area contributed by atoms with Crippen LogP contribution in [0.5, 0.6) is 0 Å². The van der Waals surface area contributed by atoms with Crippen molar-refractivity contribution < 1.29 is 0 Å². The molecule has 0 spiro atoms. The zero-order valence-electron chi connectivity index (χ0n) is 8.17. The lowest BCUT2D eigenvalue weighted by Crippen LogP contribution is -2.13. The second-order valence-electron chi connectivity index (χ2n) is 3.30. The van der Waals surface area contributed by atoms with Crippen LogP contribution in [0.1, 0.15) is 6.42 Å². The van der Waals surface area contributed by atoms with Crippen LogP contribution in [0.3, 0.4) is 0 Å². The fourth-order valence-electron chi connectivity index (χ4n) is 1.46. The average molecular weight is 297 g/mol. The highest BCUT2D eigenvalue weighted by atomic mass is 35.5. The summed E-state index contributed by atoms with van der Waals surface area (Å²) in [4.78, 5) is 12.0. The molecule has 0 atom stereocenters. The van der Waals surface area contributed by atoms with Crippen LogP contribution in [-0.2, 0) is 6.54 Å². The predicted octanol–water partition coefficient (Wildman–Crippen LogP) is 4.00. The van der Waals surface area contributed by atoms with Crippen LogP contribution in [0.15, 0.2) is 16.9 Å². The Kier molecular flexibility index (Phi) is 3.80. The van der Waals surface area contributed by atoms with Crippen molar-refractivity contribution in [2.45, 2.75) is 13.0 Å². The van der Waals surface area contributed by atoms with Gasteiger partial charge in [0.1, 0.15) is 0 Å². The van der Waals surface area contributed by atoms with Gasteiger partial charge in [0.15, 0.2) is 0 Å². The van der Waals surface area contributed by atoms with Crippen LogP contribution >= 0.6 is 46.3 Å². The molecule has 16 heavy (non-hydrogen) atoms. The zero-order valence-corrected chi connectivity index (χ0v) is 11.3. The molecule has 1 heterocycles. The standard InChI is InChI=1S/C10H8Cl3NOS/c11-2-1-3-14-10(15)9-7(13)4-6(12)5-8(9)16-14/h4-5H,1-3H2. The summed E-state index contributed by atoms with van der Waals surface area (Å²) in [7, 11) is 0. The number of fused-ring (bicyclic) bond motifs is 1. The SMILES string of the molecule is O=c1c2c(Cl)cc(Cl)cc2sn1CCCCl. The molecule has 1 aromatic carbocycles. The van der Waals surface area contributed by atoms with Gasteiger partial charge < -0.3 is 0 Å². The number of halogens is 3. The van der Waals surface area contributed by atoms with Crippen molar-refractivity contribution in [2.24, 2.45) is 0 Å². The van der Waals surface area contributed by atoms with Crippen LogP contribution in [0.2, 0.25) is 10.0 Å². The van der Waals surface area contributed by atoms with Gasteiger partial charge in [-0.25, -0.2) is 0 Å². The topological polar surface area (TPSA) is 22.0 Å². The normalized spacial score (nSPS) is 11.2. The Balaban J connectivity index is 2.59. The lowest BCUT2D eigenvalue weighted by molar-refractivity contribution is 0.720. The van der Waals surface area contributed by atoms with Gasteiger partial charge in [-0.15, -0.1) is 11.6 Å². The Morgan fingerprint density at radius 1 is 1.31 bits per heavy atom. The number of nitrogens with zero attached hydrogens (tertiary/aromatic N) is 1. The zero-order chi connectivity index (χ0) is 11.7. The molecular weight excluding hydrogens is 289 g/mol. The van der Waals surface area contributed by atoms with Gasteiger partial charge in [0, 0.05) is 17.4 Å². The minimum atomic E-state index is -0.0632. The fourth-order valence-corrected chi connectivity index (χ4v) is 3.38. The third-order valence-corrected chi connectivity index (χ3v) is 4.03. The summed E-state index contributed by atoms with van der Waals surface area (Å²) in [6.45, 7) is 0.621. The number of benzene rings is 1. The lowest BCUT2D eigenvalue weighted by atomic mass is 10.3. The number of hydrogen-bond acceptors (Lipinski definition) is 2. The molecule has 0 saturated carbocycles. The number of aryl methyl sites for hydroxylation is 1. The summed E-state index contributed by atoms with van der Waals surface area (Å²) in [6, 6.07) is 3.34. The van der Waals surface area contributed by atoms with Gasteiger partial charge in [0.25, 0.3) is 5.56 Å².